The Morgan fingerprint density at radius 2 is 1.95 bits per heavy atom. The lowest BCUT2D eigenvalue weighted by Crippen LogP contribution is -2.26. The number of rotatable bonds is 5. The SMILES string of the molecule is CCCNC(c1ccnc(C)n1)c1c(C)ccnc1N. The first-order valence-electron chi connectivity index (χ1n) is 6.87. The quantitative estimate of drug-likeness (QED) is 0.871. The molecule has 3 N–H and O–H groups in total. The van der Waals surface area contributed by atoms with E-state index in [1.54, 1.807) is 12.4 Å². The summed E-state index contributed by atoms with van der Waals surface area (Å²) in [6, 6.07) is 3.84. The standard InChI is InChI=1S/C15H21N5/c1-4-7-18-14(12-6-9-17-11(3)20-12)13-10(2)5-8-19-15(13)16/h5-6,8-9,14,18H,4,7H2,1-3H3,(H2,16,19). The fourth-order valence-corrected chi connectivity index (χ4v) is 2.24. The van der Waals surface area contributed by atoms with Gasteiger partial charge in [-0.1, -0.05) is 6.92 Å². The van der Waals surface area contributed by atoms with Gasteiger partial charge < -0.3 is 11.1 Å². The van der Waals surface area contributed by atoms with Gasteiger partial charge in [-0.3, -0.25) is 0 Å². The number of aryl methyl sites for hydroxylation is 2. The van der Waals surface area contributed by atoms with Crippen molar-refractivity contribution >= 4 is 5.82 Å². The van der Waals surface area contributed by atoms with Crippen LogP contribution in [0.3, 0.4) is 0 Å². The molecule has 0 aliphatic heterocycles. The maximum atomic E-state index is 6.07. The highest BCUT2D eigenvalue weighted by atomic mass is 15.0. The Morgan fingerprint density at radius 1 is 1.20 bits per heavy atom. The van der Waals surface area contributed by atoms with Gasteiger partial charge in [-0.25, -0.2) is 15.0 Å². The van der Waals surface area contributed by atoms with Gasteiger partial charge in [0.2, 0.25) is 0 Å². The van der Waals surface area contributed by atoms with Gasteiger partial charge in [0.15, 0.2) is 0 Å². The van der Waals surface area contributed by atoms with Crippen LogP contribution in [0.25, 0.3) is 0 Å². The van der Waals surface area contributed by atoms with E-state index in [1.165, 1.54) is 0 Å². The largest absolute Gasteiger partial charge is 0.383 e. The summed E-state index contributed by atoms with van der Waals surface area (Å²) in [6.45, 7) is 6.96. The molecule has 0 aliphatic rings. The zero-order valence-corrected chi connectivity index (χ0v) is 12.2. The molecule has 2 aromatic heterocycles. The Hall–Kier alpha value is -2.01. The number of nitrogens with two attached hydrogens (primary N) is 1. The third-order valence-electron chi connectivity index (χ3n) is 3.22. The van der Waals surface area contributed by atoms with Crippen molar-refractivity contribution in [1.29, 1.82) is 0 Å². The molecule has 0 bridgehead atoms. The molecule has 1 atom stereocenters. The predicted molar refractivity (Wildman–Crippen MR) is 80.3 cm³/mol. The normalized spacial score (nSPS) is 12.3. The molecule has 2 rings (SSSR count). The molecular formula is C15H21N5. The van der Waals surface area contributed by atoms with E-state index in [1.807, 2.05) is 26.0 Å². The van der Waals surface area contributed by atoms with Crippen molar-refractivity contribution in [2.75, 3.05) is 12.3 Å². The molecule has 0 saturated carbocycles. The number of nitrogen functional groups attached to an aromatic ring is 1. The van der Waals surface area contributed by atoms with Crippen LogP contribution in [0.5, 0.6) is 0 Å². The van der Waals surface area contributed by atoms with Crippen LogP contribution in [0.1, 0.15) is 42.0 Å². The molecule has 20 heavy (non-hydrogen) atoms. The van der Waals surface area contributed by atoms with E-state index in [0.29, 0.717) is 5.82 Å². The van der Waals surface area contributed by atoms with Gasteiger partial charge in [-0.2, -0.15) is 0 Å². The van der Waals surface area contributed by atoms with E-state index in [4.69, 9.17) is 5.73 Å². The lowest BCUT2D eigenvalue weighted by molar-refractivity contribution is 0.581. The summed E-state index contributed by atoms with van der Waals surface area (Å²) < 4.78 is 0. The molecule has 0 saturated heterocycles. The van der Waals surface area contributed by atoms with Crippen molar-refractivity contribution in [3.63, 3.8) is 0 Å². The molecular weight excluding hydrogens is 250 g/mol. The Labute approximate surface area is 119 Å². The Bertz CT molecular complexity index is 562. The number of nitrogens with zero attached hydrogens (tertiary/aromatic N) is 3. The minimum atomic E-state index is -0.0506. The van der Waals surface area contributed by atoms with E-state index >= 15 is 0 Å². The maximum Gasteiger partial charge on any atom is 0.128 e. The Balaban J connectivity index is 2.47. The minimum Gasteiger partial charge on any atom is -0.383 e. The number of hydrogen-bond donors (Lipinski definition) is 2. The topological polar surface area (TPSA) is 76.7 Å². The lowest BCUT2D eigenvalue weighted by Gasteiger charge is -2.21. The van der Waals surface area contributed by atoms with Crippen molar-refractivity contribution in [3.8, 4) is 0 Å². The molecule has 2 aromatic rings. The number of anilines is 1. The number of aromatic nitrogens is 3. The second-order valence-electron chi connectivity index (χ2n) is 4.84. The molecule has 5 nitrogen and oxygen atoms in total. The van der Waals surface area contributed by atoms with Crippen LogP contribution in [0.4, 0.5) is 5.82 Å². The molecule has 0 aromatic carbocycles. The molecule has 2 heterocycles. The zero-order chi connectivity index (χ0) is 14.5. The van der Waals surface area contributed by atoms with Crippen molar-refractivity contribution < 1.29 is 0 Å². The van der Waals surface area contributed by atoms with E-state index in [2.05, 4.69) is 27.2 Å². The molecule has 0 fully saturated rings. The molecule has 0 aliphatic carbocycles. The van der Waals surface area contributed by atoms with Gasteiger partial charge in [0, 0.05) is 18.0 Å². The van der Waals surface area contributed by atoms with Gasteiger partial charge >= 0.3 is 0 Å². The molecule has 0 radical (unpaired) electrons. The average Bonchev–Trinajstić information content (AvgIpc) is 2.42. The first kappa shape index (κ1) is 14.4. The van der Waals surface area contributed by atoms with E-state index in [-0.39, 0.29) is 6.04 Å². The summed E-state index contributed by atoms with van der Waals surface area (Å²) in [5.41, 5.74) is 9.11. The fraction of sp³-hybridized carbons (Fsp3) is 0.400. The van der Waals surface area contributed by atoms with Crippen molar-refractivity contribution in [2.45, 2.75) is 33.2 Å². The average molecular weight is 271 g/mol. The first-order chi connectivity index (χ1) is 9.63. The van der Waals surface area contributed by atoms with Gasteiger partial charge in [0.1, 0.15) is 11.6 Å². The Morgan fingerprint density at radius 3 is 2.60 bits per heavy atom. The van der Waals surface area contributed by atoms with Crippen LogP contribution in [0.15, 0.2) is 24.5 Å². The third kappa shape index (κ3) is 3.11. The second-order valence-corrected chi connectivity index (χ2v) is 4.84. The third-order valence-corrected chi connectivity index (χ3v) is 3.22. The highest BCUT2D eigenvalue weighted by Gasteiger charge is 2.20. The van der Waals surface area contributed by atoms with Crippen molar-refractivity contribution in [2.24, 2.45) is 0 Å². The summed E-state index contributed by atoms with van der Waals surface area (Å²) in [4.78, 5) is 12.9. The highest BCUT2D eigenvalue weighted by Crippen LogP contribution is 2.27. The van der Waals surface area contributed by atoms with Crippen LogP contribution in [-0.2, 0) is 0 Å². The first-order valence-corrected chi connectivity index (χ1v) is 6.87. The molecule has 106 valence electrons. The second kappa shape index (κ2) is 6.43. The number of nitrogens with one attached hydrogen (secondary N) is 1. The summed E-state index contributed by atoms with van der Waals surface area (Å²) in [5, 5.41) is 3.50. The van der Waals surface area contributed by atoms with Crippen LogP contribution < -0.4 is 11.1 Å². The van der Waals surface area contributed by atoms with E-state index in [0.717, 1.165) is 35.6 Å². The summed E-state index contributed by atoms with van der Waals surface area (Å²) >= 11 is 0. The van der Waals surface area contributed by atoms with E-state index in [9.17, 15) is 0 Å². The Kier molecular flexibility index (Phi) is 4.63. The summed E-state index contributed by atoms with van der Waals surface area (Å²) in [6.07, 6.45) is 4.55. The smallest absolute Gasteiger partial charge is 0.128 e. The van der Waals surface area contributed by atoms with Gasteiger partial charge in [0.05, 0.1) is 11.7 Å². The molecule has 0 spiro atoms. The molecule has 5 heteroatoms. The monoisotopic (exact) mass is 271 g/mol. The van der Waals surface area contributed by atoms with Crippen LogP contribution >= 0.6 is 0 Å². The fourth-order valence-electron chi connectivity index (χ4n) is 2.24. The van der Waals surface area contributed by atoms with E-state index < -0.39 is 0 Å². The van der Waals surface area contributed by atoms with Crippen molar-refractivity contribution in [1.82, 2.24) is 20.3 Å². The van der Waals surface area contributed by atoms with Crippen LogP contribution in [0, 0.1) is 13.8 Å². The van der Waals surface area contributed by atoms with Crippen molar-refractivity contribution in [3.05, 3.63) is 47.2 Å². The zero-order valence-electron chi connectivity index (χ0n) is 12.2. The van der Waals surface area contributed by atoms with Crippen LogP contribution in [-0.4, -0.2) is 21.5 Å². The summed E-state index contributed by atoms with van der Waals surface area (Å²) in [5.74, 6) is 1.31. The molecule has 1 unspecified atom stereocenters. The predicted octanol–water partition coefficient (Wildman–Crippen LogP) is 2.16. The van der Waals surface area contributed by atoms with Crippen LogP contribution in [0.2, 0.25) is 0 Å². The van der Waals surface area contributed by atoms with Gasteiger partial charge in [0.25, 0.3) is 0 Å². The van der Waals surface area contributed by atoms with Gasteiger partial charge in [-0.15, -0.1) is 0 Å². The van der Waals surface area contributed by atoms with Gasteiger partial charge in [-0.05, 0) is 44.5 Å². The maximum absolute atomic E-state index is 6.07. The molecule has 0 amide bonds. The number of pyridine rings is 1. The summed E-state index contributed by atoms with van der Waals surface area (Å²) in [7, 11) is 0. The minimum absolute atomic E-state index is 0.0506. The lowest BCUT2D eigenvalue weighted by atomic mass is 9.99. The number of hydrogen-bond acceptors (Lipinski definition) is 5. The highest BCUT2D eigenvalue weighted by molar-refractivity contribution is 5.48.